The Morgan fingerprint density at radius 3 is 2.60 bits per heavy atom. The van der Waals surface area contributed by atoms with E-state index in [1.807, 2.05) is 22.9 Å². The van der Waals surface area contributed by atoms with E-state index in [1.165, 1.54) is 12.8 Å². The highest BCUT2D eigenvalue weighted by atomic mass is 16.5. The summed E-state index contributed by atoms with van der Waals surface area (Å²) in [4.78, 5) is 33.9. The summed E-state index contributed by atoms with van der Waals surface area (Å²) in [6, 6.07) is 5.65. The van der Waals surface area contributed by atoms with E-state index in [-0.39, 0.29) is 35.9 Å². The summed E-state index contributed by atoms with van der Waals surface area (Å²) in [5, 5.41) is 13.5. The fourth-order valence-electron chi connectivity index (χ4n) is 5.71. The van der Waals surface area contributed by atoms with E-state index >= 15 is 0 Å². The molecule has 0 amide bonds. The first-order valence-corrected chi connectivity index (χ1v) is 15.0. The van der Waals surface area contributed by atoms with E-state index in [2.05, 4.69) is 15.3 Å². The van der Waals surface area contributed by atoms with Crippen LogP contribution in [0.1, 0.15) is 95.5 Å². The van der Waals surface area contributed by atoms with E-state index < -0.39 is 0 Å². The van der Waals surface area contributed by atoms with Gasteiger partial charge in [0.2, 0.25) is 0 Å². The molecule has 2 aliphatic rings. The van der Waals surface area contributed by atoms with Gasteiger partial charge < -0.3 is 25.5 Å². The van der Waals surface area contributed by atoms with E-state index in [0.29, 0.717) is 43.4 Å². The van der Waals surface area contributed by atoms with Gasteiger partial charge in [-0.05, 0) is 81.9 Å². The first kappa shape index (κ1) is 29.6. The number of hydrogen-bond donors (Lipinski definition) is 3. The molecule has 1 aromatic heterocycles. The standard InChI is InChI=1S/C31H45N5O4/c32-31(34-24-6-1-2-7-24)35-25(16-18-36-19-17-33-22-36)8-5-9-26(37)21-27(38)14-12-23-13-15-29(39)30(20-23)40-28-10-3-4-11-28/h13,15,17,19-20,22,24-25,28,39H,1-12,14,16,18,21H2,(H3,32,34,35). The molecule has 9 heteroatoms. The number of carbonyl (C=O) groups is 2. The average Bonchev–Trinajstić information content (AvgIpc) is 3.72. The molecule has 0 bridgehead atoms. The maximum atomic E-state index is 12.6. The number of ketones is 2. The molecule has 2 saturated carbocycles. The van der Waals surface area contributed by atoms with Gasteiger partial charge in [-0.2, -0.15) is 0 Å². The summed E-state index contributed by atoms with van der Waals surface area (Å²) >= 11 is 0. The molecule has 218 valence electrons. The van der Waals surface area contributed by atoms with Crippen LogP contribution in [-0.2, 0) is 22.6 Å². The molecule has 0 aliphatic heterocycles. The van der Waals surface area contributed by atoms with Gasteiger partial charge >= 0.3 is 0 Å². The molecule has 4 N–H and O–H groups in total. The number of guanidine groups is 1. The van der Waals surface area contributed by atoms with Crippen molar-refractivity contribution in [2.24, 2.45) is 10.7 Å². The Hall–Kier alpha value is -3.36. The first-order valence-electron chi connectivity index (χ1n) is 15.0. The van der Waals surface area contributed by atoms with Gasteiger partial charge in [-0.25, -0.2) is 4.98 Å². The van der Waals surface area contributed by atoms with Crippen molar-refractivity contribution >= 4 is 17.5 Å². The predicted octanol–water partition coefficient (Wildman–Crippen LogP) is 4.85. The third-order valence-electron chi connectivity index (χ3n) is 8.01. The Morgan fingerprint density at radius 1 is 1.10 bits per heavy atom. The van der Waals surface area contributed by atoms with Crippen LogP contribution in [-0.4, -0.2) is 50.4 Å². The second kappa shape index (κ2) is 15.4. The Morgan fingerprint density at radius 2 is 1.85 bits per heavy atom. The molecule has 2 aromatic rings. The number of aliphatic imine (C=N–C) groups is 1. The van der Waals surface area contributed by atoms with Gasteiger partial charge in [-0.15, -0.1) is 0 Å². The Kier molecular flexibility index (Phi) is 11.4. The van der Waals surface area contributed by atoms with E-state index in [1.54, 1.807) is 18.6 Å². The topological polar surface area (TPSA) is 132 Å². The molecule has 1 unspecified atom stereocenters. The van der Waals surface area contributed by atoms with Gasteiger partial charge in [0.1, 0.15) is 11.6 Å². The molecule has 1 heterocycles. The lowest BCUT2D eigenvalue weighted by Crippen LogP contribution is -2.41. The van der Waals surface area contributed by atoms with Crippen molar-refractivity contribution in [2.45, 2.75) is 121 Å². The number of phenolic OH excluding ortho intramolecular Hbond substituents is 1. The minimum Gasteiger partial charge on any atom is -0.504 e. The third kappa shape index (κ3) is 9.99. The number of aromatic hydroxyl groups is 1. The molecule has 40 heavy (non-hydrogen) atoms. The van der Waals surface area contributed by atoms with Crippen LogP contribution >= 0.6 is 0 Å². The number of nitrogens with one attached hydrogen (secondary N) is 1. The zero-order valence-electron chi connectivity index (χ0n) is 23.6. The van der Waals surface area contributed by atoms with Crippen molar-refractivity contribution in [1.29, 1.82) is 0 Å². The van der Waals surface area contributed by atoms with Gasteiger partial charge in [0.05, 0.1) is 24.9 Å². The largest absolute Gasteiger partial charge is 0.504 e. The van der Waals surface area contributed by atoms with Crippen LogP contribution < -0.4 is 15.8 Å². The van der Waals surface area contributed by atoms with Crippen LogP contribution in [0.15, 0.2) is 41.9 Å². The summed E-state index contributed by atoms with van der Waals surface area (Å²) in [7, 11) is 0. The highest BCUT2D eigenvalue weighted by Gasteiger charge is 2.19. The van der Waals surface area contributed by atoms with Crippen molar-refractivity contribution in [1.82, 2.24) is 14.9 Å². The smallest absolute Gasteiger partial charge is 0.189 e. The molecule has 0 spiro atoms. The molecule has 1 atom stereocenters. The van der Waals surface area contributed by atoms with E-state index in [0.717, 1.165) is 63.5 Å². The number of hydrogen-bond acceptors (Lipinski definition) is 6. The lowest BCUT2D eigenvalue weighted by atomic mass is 10.0. The average molecular weight is 552 g/mol. The number of Topliss-reactive ketones (excluding diaryl/α,β-unsaturated/α-hetero) is 2. The minimum atomic E-state index is -0.0564. The van der Waals surface area contributed by atoms with Gasteiger partial charge in [-0.1, -0.05) is 18.9 Å². The molecule has 0 saturated heterocycles. The molecule has 2 fully saturated rings. The van der Waals surface area contributed by atoms with Crippen molar-refractivity contribution < 1.29 is 19.4 Å². The molecule has 4 rings (SSSR count). The summed E-state index contributed by atoms with van der Waals surface area (Å²) in [6.45, 7) is 0.797. The molecular formula is C31H45N5O4. The lowest BCUT2D eigenvalue weighted by molar-refractivity contribution is -0.127. The number of benzene rings is 1. The Labute approximate surface area is 237 Å². The fraction of sp³-hybridized carbons (Fsp3) is 0.613. The summed E-state index contributed by atoms with van der Waals surface area (Å²) < 4.78 is 7.99. The van der Waals surface area contributed by atoms with Crippen LogP contribution in [0.3, 0.4) is 0 Å². The second-order valence-corrected chi connectivity index (χ2v) is 11.4. The normalized spacial score (nSPS) is 17.2. The zero-order valence-corrected chi connectivity index (χ0v) is 23.6. The fourth-order valence-corrected chi connectivity index (χ4v) is 5.71. The molecule has 2 aliphatic carbocycles. The van der Waals surface area contributed by atoms with Crippen LogP contribution in [0, 0.1) is 0 Å². The number of phenols is 1. The number of nitrogens with zero attached hydrogens (tertiary/aromatic N) is 3. The number of aromatic nitrogens is 2. The van der Waals surface area contributed by atoms with Crippen molar-refractivity contribution in [2.75, 3.05) is 0 Å². The second-order valence-electron chi connectivity index (χ2n) is 11.4. The number of nitrogens with two attached hydrogens (primary N) is 1. The van der Waals surface area contributed by atoms with Crippen molar-refractivity contribution in [3.05, 3.63) is 42.5 Å². The SMILES string of the molecule is NC(=NC1CCCC1)NC(CCCC(=O)CC(=O)CCc1ccc(O)c(OC2CCCC2)c1)CCn1ccnc1. The molecule has 9 nitrogen and oxygen atoms in total. The zero-order chi connectivity index (χ0) is 28.2. The van der Waals surface area contributed by atoms with Gasteiger partial charge in [-0.3, -0.25) is 14.6 Å². The third-order valence-corrected chi connectivity index (χ3v) is 8.01. The molecular weight excluding hydrogens is 506 g/mol. The summed E-state index contributed by atoms with van der Waals surface area (Å²) in [5.41, 5.74) is 7.15. The number of aryl methyl sites for hydroxylation is 2. The van der Waals surface area contributed by atoms with E-state index in [9.17, 15) is 14.7 Å². The van der Waals surface area contributed by atoms with Gasteiger partial charge in [0, 0.05) is 37.8 Å². The lowest BCUT2D eigenvalue weighted by Gasteiger charge is -2.20. The van der Waals surface area contributed by atoms with Gasteiger partial charge in [0.25, 0.3) is 0 Å². The monoisotopic (exact) mass is 551 g/mol. The number of imidazole rings is 1. The quantitative estimate of drug-likeness (QED) is 0.154. The van der Waals surface area contributed by atoms with E-state index in [4.69, 9.17) is 10.5 Å². The maximum Gasteiger partial charge on any atom is 0.189 e. The minimum absolute atomic E-state index is 0.0260. The number of rotatable bonds is 16. The maximum absolute atomic E-state index is 12.6. The highest BCUT2D eigenvalue weighted by Crippen LogP contribution is 2.32. The van der Waals surface area contributed by atoms with Crippen molar-refractivity contribution in [3.8, 4) is 11.5 Å². The van der Waals surface area contributed by atoms with Crippen LogP contribution in [0.5, 0.6) is 11.5 Å². The number of ether oxygens (including phenoxy) is 1. The molecule has 0 radical (unpaired) electrons. The first-order chi connectivity index (χ1) is 19.4. The van der Waals surface area contributed by atoms with Crippen molar-refractivity contribution in [3.63, 3.8) is 0 Å². The number of carbonyl (C=O) groups excluding carboxylic acids is 2. The Bertz CT molecular complexity index is 1100. The van der Waals surface area contributed by atoms with Crippen LogP contribution in [0.25, 0.3) is 0 Å². The highest BCUT2D eigenvalue weighted by molar-refractivity contribution is 5.99. The summed E-state index contributed by atoms with van der Waals surface area (Å²) in [6.07, 6.45) is 18.0. The van der Waals surface area contributed by atoms with Crippen LogP contribution in [0.4, 0.5) is 0 Å². The van der Waals surface area contributed by atoms with Gasteiger partial charge in [0.15, 0.2) is 17.5 Å². The van der Waals surface area contributed by atoms with Crippen LogP contribution in [0.2, 0.25) is 0 Å². The molecule has 1 aromatic carbocycles. The predicted molar refractivity (Wildman–Crippen MR) is 155 cm³/mol. The summed E-state index contributed by atoms with van der Waals surface area (Å²) in [5.74, 6) is 1.01. The Balaban J connectivity index is 1.19.